The van der Waals surface area contributed by atoms with Gasteiger partial charge in [-0.15, -0.1) is 0 Å². The molecule has 2 heterocycles. The molecule has 1 saturated heterocycles. The van der Waals surface area contributed by atoms with Crippen molar-refractivity contribution in [1.29, 1.82) is 0 Å². The average molecular weight is 527 g/mol. The van der Waals surface area contributed by atoms with Crippen LogP contribution in [0, 0.1) is 6.92 Å². The van der Waals surface area contributed by atoms with Gasteiger partial charge in [-0.1, -0.05) is 42.5 Å². The van der Waals surface area contributed by atoms with Gasteiger partial charge in [-0.3, -0.25) is 9.59 Å². The van der Waals surface area contributed by atoms with Crippen molar-refractivity contribution in [2.75, 3.05) is 23.9 Å². The fourth-order valence-corrected chi connectivity index (χ4v) is 6.33. The van der Waals surface area contributed by atoms with Crippen molar-refractivity contribution in [3.8, 4) is 0 Å². The molecular formula is C32H38N4O3. The second kappa shape index (κ2) is 11.1. The Morgan fingerprint density at radius 3 is 2.56 bits per heavy atom. The molecule has 2 aliphatic heterocycles. The second-order valence-electron chi connectivity index (χ2n) is 10.5. The third-order valence-corrected chi connectivity index (χ3v) is 8.38. The van der Waals surface area contributed by atoms with Crippen LogP contribution in [0.4, 0.5) is 11.4 Å². The smallest absolute Gasteiger partial charge is 0.306 e. The predicted octanol–water partition coefficient (Wildman–Crippen LogP) is 5.26. The van der Waals surface area contributed by atoms with E-state index >= 15 is 0 Å². The molecule has 39 heavy (non-hydrogen) atoms. The lowest BCUT2D eigenvalue weighted by molar-refractivity contribution is -0.143. The van der Waals surface area contributed by atoms with Gasteiger partial charge in [0.05, 0.1) is 30.4 Å². The first-order chi connectivity index (χ1) is 18.8. The topological polar surface area (TPSA) is 102 Å². The van der Waals surface area contributed by atoms with Crippen LogP contribution in [-0.4, -0.2) is 36.0 Å². The summed E-state index contributed by atoms with van der Waals surface area (Å²) in [5, 5.41) is 1.63. The highest BCUT2D eigenvalue weighted by Crippen LogP contribution is 2.46. The minimum absolute atomic E-state index is 0.0264. The number of nitrogens with two attached hydrogens (primary N) is 2. The highest BCUT2D eigenvalue weighted by molar-refractivity contribution is 5.95. The lowest BCUT2D eigenvalue weighted by Gasteiger charge is -2.37. The maximum absolute atomic E-state index is 13.6. The average Bonchev–Trinajstić information content (AvgIpc) is 3.27. The summed E-state index contributed by atoms with van der Waals surface area (Å²) in [5.74, 6) is 5.75. The molecule has 3 unspecified atom stereocenters. The number of carbonyl (C=O) groups is 2. The Bertz CT molecular complexity index is 1370. The van der Waals surface area contributed by atoms with Crippen molar-refractivity contribution < 1.29 is 14.3 Å². The van der Waals surface area contributed by atoms with Gasteiger partial charge in [-0.2, -0.15) is 0 Å². The standard InChI is InChI=1S/C32H38N4O3/c1-4-35(34)29-16-14-25(20(3)31(29)33)26(19-30(37)39-5-2)23-12-11-22-17-24-13-15-28(27(22)18-23)36(24)32(38)21-9-7-6-8-10-21/h6-12,14,16,18,24,26,28H,4-5,13,15,17,19,33-34H2,1-3H3. The van der Waals surface area contributed by atoms with Crippen LogP contribution in [0.25, 0.3) is 0 Å². The molecule has 3 atom stereocenters. The largest absolute Gasteiger partial charge is 0.466 e. The van der Waals surface area contributed by atoms with Gasteiger partial charge in [0.1, 0.15) is 0 Å². The van der Waals surface area contributed by atoms with Crippen LogP contribution in [0.3, 0.4) is 0 Å². The van der Waals surface area contributed by atoms with E-state index in [0.29, 0.717) is 18.8 Å². The minimum Gasteiger partial charge on any atom is -0.466 e. The van der Waals surface area contributed by atoms with Gasteiger partial charge in [-0.05, 0) is 86.1 Å². The van der Waals surface area contributed by atoms with Crippen molar-refractivity contribution in [1.82, 2.24) is 4.90 Å². The zero-order valence-corrected chi connectivity index (χ0v) is 23.0. The lowest BCUT2D eigenvalue weighted by Crippen LogP contribution is -2.42. The Labute approximate surface area is 230 Å². The number of hydrogen-bond acceptors (Lipinski definition) is 6. The van der Waals surface area contributed by atoms with Crippen molar-refractivity contribution in [2.45, 2.75) is 64.5 Å². The quantitative estimate of drug-likeness (QED) is 0.180. The maximum Gasteiger partial charge on any atom is 0.306 e. The number of benzene rings is 3. The van der Waals surface area contributed by atoms with Crippen LogP contribution in [0.5, 0.6) is 0 Å². The number of hydrazine groups is 1. The predicted molar refractivity (Wildman–Crippen MR) is 154 cm³/mol. The minimum atomic E-state index is -0.252. The highest BCUT2D eigenvalue weighted by Gasteiger charge is 2.43. The number of amides is 1. The van der Waals surface area contributed by atoms with Crippen LogP contribution in [0.15, 0.2) is 60.7 Å². The fourth-order valence-electron chi connectivity index (χ4n) is 6.33. The van der Waals surface area contributed by atoms with Gasteiger partial charge >= 0.3 is 5.97 Å². The Kier molecular flexibility index (Phi) is 7.62. The number of carbonyl (C=O) groups excluding carboxylic acids is 2. The molecule has 0 aliphatic carbocycles. The summed E-state index contributed by atoms with van der Waals surface area (Å²) in [7, 11) is 0. The fraction of sp³-hybridized carbons (Fsp3) is 0.375. The first-order valence-corrected chi connectivity index (χ1v) is 13.9. The summed E-state index contributed by atoms with van der Waals surface area (Å²) in [4.78, 5) is 28.4. The van der Waals surface area contributed by atoms with Gasteiger partial charge in [-0.25, -0.2) is 5.84 Å². The van der Waals surface area contributed by atoms with E-state index in [9.17, 15) is 9.59 Å². The Balaban J connectivity index is 1.54. The SMILES string of the molecule is CCOC(=O)CC(c1ccc2c(c1)C1CCC(C2)N1C(=O)c1ccccc1)c1ccc(N(N)CC)c(N)c1C. The van der Waals surface area contributed by atoms with Crippen LogP contribution >= 0.6 is 0 Å². The Morgan fingerprint density at radius 1 is 1.08 bits per heavy atom. The molecule has 4 N–H and O–H groups in total. The summed E-state index contributed by atoms with van der Waals surface area (Å²) < 4.78 is 5.37. The number of hydrogen-bond donors (Lipinski definition) is 2. The van der Waals surface area contributed by atoms with E-state index in [1.165, 1.54) is 11.1 Å². The first-order valence-electron chi connectivity index (χ1n) is 13.9. The molecule has 1 fully saturated rings. The number of rotatable bonds is 8. The van der Waals surface area contributed by atoms with Crippen molar-refractivity contribution in [2.24, 2.45) is 5.84 Å². The normalized spacial score (nSPS) is 18.4. The van der Waals surface area contributed by atoms with E-state index in [0.717, 1.165) is 47.2 Å². The molecule has 7 nitrogen and oxygen atoms in total. The van der Waals surface area contributed by atoms with E-state index in [-0.39, 0.29) is 36.3 Å². The highest BCUT2D eigenvalue weighted by atomic mass is 16.5. The Morgan fingerprint density at radius 2 is 1.85 bits per heavy atom. The number of fused-ring (bicyclic) bond motifs is 4. The van der Waals surface area contributed by atoms with E-state index in [1.807, 2.05) is 63.2 Å². The molecule has 0 spiro atoms. The molecule has 5 rings (SSSR count). The first kappa shape index (κ1) is 26.8. The van der Waals surface area contributed by atoms with Crippen LogP contribution in [0.1, 0.15) is 83.2 Å². The van der Waals surface area contributed by atoms with Gasteiger partial charge in [0.15, 0.2) is 0 Å². The van der Waals surface area contributed by atoms with Crippen molar-refractivity contribution >= 4 is 23.3 Å². The van der Waals surface area contributed by atoms with E-state index in [2.05, 4.69) is 23.1 Å². The summed E-state index contributed by atoms with van der Waals surface area (Å²) >= 11 is 0. The summed E-state index contributed by atoms with van der Waals surface area (Å²) in [6.45, 7) is 6.73. The van der Waals surface area contributed by atoms with E-state index < -0.39 is 0 Å². The number of anilines is 2. The van der Waals surface area contributed by atoms with Crippen molar-refractivity contribution in [3.63, 3.8) is 0 Å². The number of nitrogen functional groups attached to an aromatic ring is 1. The molecule has 0 aromatic heterocycles. The molecule has 7 heteroatoms. The zero-order valence-electron chi connectivity index (χ0n) is 23.0. The maximum atomic E-state index is 13.6. The van der Waals surface area contributed by atoms with Crippen LogP contribution in [-0.2, 0) is 16.0 Å². The number of ether oxygens (including phenoxy) is 1. The third-order valence-electron chi connectivity index (χ3n) is 8.38. The monoisotopic (exact) mass is 526 g/mol. The molecule has 0 saturated carbocycles. The van der Waals surface area contributed by atoms with Gasteiger partial charge in [0, 0.05) is 24.1 Å². The molecule has 2 bridgehead atoms. The molecule has 1 amide bonds. The van der Waals surface area contributed by atoms with Crippen LogP contribution in [0.2, 0.25) is 0 Å². The summed E-state index contributed by atoms with van der Waals surface area (Å²) in [5.41, 5.74) is 14.0. The van der Waals surface area contributed by atoms with Gasteiger partial charge in [0.2, 0.25) is 0 Å². The Hall–Kier alpha value is -3.84. The van der Waals surface area contributed by atoms with Crippen LogP contribution < -0.4 is 16.6 Å². The molecule has 204 valence electrons. The zero-order chi connectivity index (χ0) is 27.7. The van der Waals surface area contributed by atoms with Crippen molar-refractivity contribution in [3.05, 3.63) is 94.0 Å². The molecule has 2 aliphatic rings. The summed E-state index contributed by atoms with van der Waals surface area (Å²) in [6, 6.07) is 20.2. The van der Waals surface area contributed by atoms with Gasteiger partial charge < -0.3 is 20.4 Å². The number of nitrogens with zero attached hydrogens (tertiary/aromatic N) is 2. The summed E-state index contributed by atoms with van der Waals surface area (Å²) in [6.07, 6.45) is 2.97. The molecule has 3 aromatic carbocycles. The number of esters is 1. The van der Waals surface area contributed by atoms with E-state index in [4.69, 9.17) is 16.3 Å². The molecule has 0 radical (unpaired) electrons. The molecular weight excluding hydrogens is 488 g/mol. The third kappa shape index (κ3) is 4.99. The molecule has 3 aromatic rings. The van der Waals surface area contributed by atoms with E-state index in [1.54, 1.807) is 5.01 Å². The van der Waals surface area contributed by atoms with Gasteiger partial charge in [0.25, 0.3) is 5.91 Å². The lowest BCUT2D eigenvalue weighted by atomic mass is 9.82. The second-order valence-corrected chi connectivity index (χ2v) is 10.5.